The van der Waals surface area contributed by atoms with Crippen LogP contribution in [0.2, 0.25) is 22.2 Å². The van der Waals surface area contributed by atoms with E-state index < -0.39 is 8.07 Å². The molecule has 0 N–H and O–H groups in total. The van der Waals surface area contributed by atoms with E-state index in [1.165, 1.54) is 38.5 Å². The van der Waals surface area contributed by atoms with Gasteiger partial charge in [-0.25, -0.2) is 0 Å². The van der Waals surface area contributed by atoms with Gasteiger partial charge in [-0.1, -0.05) is 71.0 Å². The number of hydrogen-bond donors (Lipinski definition) is 0. The van der Waals surface area contributed by atoms with Gasteiger partial charge in [0.1, 0.15) is 5.78 Å². The number of ketones is 1. The molecule has 0 heterocycles. The third-order valence-electron chi connectivity index (χ3n) is 7.79. The molecule has 1 nitrogen and oxygen atoms in total. The first-order valence-electron chi connectivity index (χ1n) is 9.70. The van der Waals surface area contributed by atoms with Gasteiger partial charge in [0.15, 0.2) is 0 Å². The Labute approximate surface area is 139 Å². The average Bonchev–Trinajstić information content (AvgIpc) is 2.78. The van der Waals surface area contributed by atoms with Crippen LogP contribution in [0.4, 0.5) is 0 Å². The molecule has 0 saturated heterocycles. The van der Waals surface area contributed by atoms with Gasteiger partial charge in [-0.05, 0) is 44.1 Å². The molecule has 0 radical (unpaired) electrons. The van der Waals surface area contributed by atoms with E-state index in [0.717, 1.165) is 22.2 Å². The molecule has 3 atom stereocenters. The Balaban J connectivity index is 2.41. The number of hydrogen-bond acceptors (Lipinski definition) is 1. The maximum absolute atomic E-state index is 12.6. The highest BCUT2D eigenvalue weighted by Crippen LogP contribution is 2.64. The summed E-state index contributed by atoms with van der Waals surface area (Å²) >= 11 is 0. The van der Waals surface area contributed by atoms with Crippen LogP contribution in [0.25, 0.3) is 0 Å². The highest BCUT2D eigenvalue weighted by Gasteiger charge is 2.59. The van der Waals surface area contributed by atoms with Crippen LogP contribution >= 0.6 is 0 Å². The van der Waals surface area contributed by atoms with Crippen molar-refractivity contribution in [3.63, 3.8) is 0 Å². The minimum atomic E-state index is -1.43. The zero-order valence-electron chi connectivity index (χ0n) is 16.0. The lowest BCUT2D eigenvalue weighted by atomic mass is 9.66. The number of carbonyl (C=O) groups excluding carboxylic acids is 1. The largest absolute Gasteiger partial charge is 0.299 e. The molecule has 0 aromatic heterocycles. The summed E-state index contributed by atoms with van der Waals surface area (Å²) in [4.78, 5) is 12.6. The highest BCUT2D eigenvalue weighted by molar-refractivity contribution is 6.84. The average molecular weight is 323 g/mol. The lowest BCUT2D eigenvalue weighted by molar-refractivity contribution is -0.130. The molecule has 2 aliphatic rings. The summed E-state index contributed by atoms with van der Waals surface area (Å²) in [6.45, 7) is 16.8. The topological polar surface area (TPSA) is 17.1 Å². The molecular formula is C20H38OSi. The zero-order valence-corrected chi connectivity index (χ0v) is 17.0. The van der Waals surface area contributed by atoms with Crippen molar-refractivity contribution in [2.45, 2.75) is 109 Å². The molecule has 0 bridgehead atoms. The fourth-order valence-corrected chi connectivity index (χ4v) is 15.4. The van der Waals surface area contributed by atoms with Crippen LogP contribution in [0.1, 0.15) is 87.0 Å². The molecule has 0 aliphatic heterocycles. The fraction of sp³-hybridized carbons (Fsp3) is 0.950. The molecule has 0 spiro atoms. The minimum absolute atomic E-state index is 0.0693. The summed E-state index contributed by atoms with van der Waals surface area (Å²) < 4.78 is 0. The first-order chi connectivity index (χ1) is 10.2. The van der Waals surface area contributed by atoms with Gasteiger partial charge in [0, 0.05) is 5.41 Å². The van der Waals surface area contributed by atoms with Gasteiger partial charge in [0.05, 0.1) is 8.07 Å². The van der Waals surface area contributed by atoms with Crippen molar-refractivity contribution < 1.29 is 4.79 Å². The van der Waals surface area contributed by atoms with E-state index in [2.05, 4.69) is 41.5 Å². The van der Waals surface area contributed by atoms with Crippen molar-refractivity contribution >= 4 is 13.9 Å². The van der Waals surface area contributed by atoms with Crippen LogP contribution < -0.4 is 0 Å². The Morgan fingerprint density at radius 1 is 1.00 bits per heavy atom. The monoisotopic (exact) mass is 322 g/mol. The molecule has 22 heavy (non-hydrogen) atoms. The lowest BCUT2D eigenvalue weighted by Gasteiger charge is -2.48. The predicted molar refractivity (Wildman–Crippen MR) is 99.1 cm³/mol. The number of rotatable bonds is 5. The fourth-order valence-electron chi connectivity index (χ4n) is 7.19. The molecule has 0 aromatic carbocycles. The number of fused-ring (bicyclic) bond motifs is 1. The second-order valence-corrected chi connectivity index (χ2v) is 15.5. The molecule has 0 amide bonds. The van der Waals surface area contributed by atoms with E-state index in [1.807, 2.05) is 6.92 Å². The molecule has 2 aliphatic carbocycles. The van der Waals surface area contributed by atoms with Crippen molar-refractivity contribution in [2.75, 3.05) is 0 Å². The summed E-state index contributed by atoms with van der Waals surface area (Å²) in [5, 5.41) is 0. The van der Waals surface area contributed by atoms with Gasteiger partial charge in [0.25, 0.3) is 0 Å². The second-order valence-electron chi connectivity index (χ2n) is 9.26. The zero-order chi connectivity index (χ0) is 16.7. The molecule has 0 aromatic rings. The van der Waals surface area contributed by atoms with Crippen LogP contribution in [0, 0.1) is 11.3 Å². The second kappa shape index (κ2) is 6.41. The van der Waals surface area contributed by atoms with E-state index in [1.54, 1.807) is 0 Å². The highest BCUT2D eigenvalue weighted by atomic mass is 28.3. The third-order valence-corrected chi connectivity index (χ3v) is 15.6. The number of Topliss-reactive ketones (excluding diaryl/α,β-unsaturated/α-hetero) is 1. The van der Waals surface area contributed by atoms with Crippen molar-refractivity contribution in [1.29, 1.82) is 0 Å². The normalized spacial score (nSPS) is 32.8. The van der Waals surface area contributed by atoms with Crippen molar-refractivity contribution in [1.82, 2.24) is 0 Å². The Morgan fingerprint density at radius 3 is 1.95 bits per heavy atom. The Bertz CT molecular complexity index is 390. The number of carbonyl (C=O) groups is 1. The summed E-state index contributed by atoms with van der Waals surface area (Å²) in [6.07, 6.45) is 7.72. The van der Waals surface area contributed by atoms with Crippen LogP contribution in [0.3, 0.4) is 0 Å². The summed E-state index contributed by atoms with van der Waals surface area (Å²) in [5.41, 5.74) is 3.39. The first-order valence-corrected chi connectivity index (χ1v) is 12.0. The van der Waals surface area contributed by atoms with E-state index >= 15 is 0 Å². The van der Waals surface area contributed by atoms with Crippen LogP contribution in [-0.2, 0) is 4.79 Å². The van der Waals surface area contributed by atoms with Crippen LogP contribution in [0.15, 0.2) is 0 Å². The van der Waals surface area contributed by atoms with Gasteiger partial charge in [-0.2, -0.15) is 0 Å². The Morgan fingerprint density at radius 2 is 1.55 bits per heavy atom. The van der Waals surface area contributed by atoms with Gasteiger partial charge >= 0.3 is 0 Å². The Hall–Kier alpha value is -0.113. The maximum Gasteiger partial charge on any atom is 0.136 e. The van der Waals surface area contributed by atoms with Crippen molar-refractivity contribution in [2.24, 2.45) is 11.3 Å². The van der Waals surface area contributed by atoms with E-state index in [-0.39, 0.29) is 5.41 Å². The first kappa shape index (κ1) is 18.2. The third kappa shape index (κ3) is 2.54. The van der Waals surface area contributed by atoms with Crippen LogP contribution in [-0.4, -0.2) is 13.9 Å². The quantitative estimate of drug-likeness (QED) is 0.521. The minimum Gasteiger partial charge on any atom is -0.299 e. The van der Waals surface area contributed by atoms with Crippen LogP contribution in [0.5, 0.6) is 0 Å². The summed E-state index contributed by atoms with van der Waals surface area (Å²) in [7, 11) is -1.43. The standard InChI is InChI=1S/C20H38OSi/c1-14(2)22(15(3)4,16(5)6)19-12-18-10-8-9-11-20(18,13-19)17(7)21/h14-16,18-19H,8-13H2,1-7H3/t18-,19+,20+/m0/s1. The van der Waals surface area contributed by atoms with Gasteiger partial charge in [0.2, 0.25) is 0 Å². The molecule has 2 heteroatoms. The summed E-state index contributed by atoms with van der Waals surface area (Å²) in [6, 6.07) is 0. The van der Waals surface area contributed by atoms with E-state index in [4.69, 9.17) is 0 Å². The molecular weight excluding hydrogens is 284 g/mol. The van der Waals surface area contributed by atoms with Crippen molar-refractivity contribution in [3.8, 4) is 0 Å². The van der Waals surface area contributed by atoms with Gasteiger partial charge in [-0.15, -0.1) is 0 Å². The maximum atomic E-state index is 12.6. The van der Waals surface area contributed by atoms with Gasteiger partial charge in [-0.3, -0.25) is 4.79 Å². The molecule has 2 rings (SSSR count). The van der Waals surface area contributed by atoms with E-state index in [9.17, 15) is 4.79 Å². The predicted octanol–water partition coefficient (Wildman–Crippen LogP) is 6.59. The smallest absolute Gasteiger partial charge is 0.136 e. The molecule has 0 unspecified atom stereocenters. The molecule has 2 saturated carbocycles. The summed E-state index contributed by atoms with van der Waals surface area (Å²) in [5.74, 6) is 1.21. The van der Waals surface area contributed by atoms with E-state index in [0.29, 0.717) is 11.7 Å². The van der Waals surface area contributed by atoms with Crippen molar-refractivity contribution in [3.05, 3.63) is 0 Å². The molecule has 2 fully saturated rings. The lowest BCUT2D eigenvalue weighted by Crippen LogP contribution is -2.48. The SMILES string of the molecule is CC(=O)[C@]12CCCC[C@H]1C[C@@H]([Si](C(C)C)(C(C)C)C(C)C)C2. The Kier molecular flexibility index (Phi) is 5.31. The van der Waals surface area contributed by atoms with Gasteiger partial charge < -0.3 is 0 Å². The molecule has 128 valence electrons.